The number of halogens is 6. The molecule has 0 radical (unpaired) electrons. The van der Waals surface area contributed by atoms with Crippen LogP contribution >= 0.6 is 0 Å². The number of rotatable bonds is 9. The Morgan fingerprint density at radius 3 is 2.17 bits per heavy atom. The van der Waals surface area contributed by atoms with Crippen molar-refractivity contribution in [2.75, 3.05) is 13.2 Å². The van der Waals surface area contributed by atoms with Crippen molar-refractivity contribution in [1.29, 1.82) is 0 Å². The van der Waals surface area contributed by atoms with Crippen molar-refractivity contribution in [3.05, 3.63) is 65.0 Å². The van der Waals surface area contributed by atoms with Crippen molar-refractivity contribution in [2.24, 2.45) is 5.92 Å². The minimum Gasteiger partial charge on any atom is -0.487 e. The number of esters is 1. The van der Waals surface area contributed by atoms with Gasteiger partial charge in [0.1, 0.15) is 11.3 Å². The summed E-state index contributed by atoms with van der Waals surface area (Å²) in [5.41, 5.74) is -0.0230. The van der Waals surface area contributed by atoms with Gasteiger partial charge in [-0.15, -0.1) is 0 Å². The Morgan fingerprint density at radius 1 is 0.914 bits per heavy atom. The summed E-state index contributed by atoms with van der Waals surface area (Å²) in [5.74, 6) is -19.2. The molecule has 0 aliphatic rings. The Labute approximate surface area is 195 Å². The summed E-state index contributed by atoms with van der Waals surface area (Å²) >= 11 is 0. The van der Waals surface area contributed by atoms with E-state index in [0.717, 1.165) is 12.1 Å². The van der Waals surface area contributed by atoms with E-state index in [1.165, 1.54) is 26.0 Å². The molecule has 0 unspecified atom stereocenters. The molecule has 0 saturated carbocycles. The fourth-order valence-corrected chi connectivity index (χ4v) is 2.95. The lowest BCUT2D eigenvalue weighted by atomic mass is 10.1. The Kier molecular flexibility index (Phi) is 7.18. The first-order chi connectivity index (χ1) is 16.2. The molecular weight excluding hydrogens is 482 g/mol. The summed E-state index contributed by atoms with van der Waals surface area (Å²) in [6.45, 7) is -1.83. The minimum atomic E-state index is -5.90. The van der Waals surface area contributed by atoms with Crippen LogP contribution in [0, 0.1) is 5.92 Å². The second-order valence-electron chi connectivity index (χ2n) is 8.05. The molecule has 0 amide bonds. The maximum atomic E-state index is 14.1. The molecule has 0 N–H and O–H groups in total. The zero-order valence-corrected chi connectivity index (χ0v) is 18.5. The summed E-state index contributed by atoms with van der Waals surface area (Å²) < 4.78 is 97.8. The van der Waals surface area contributed by atoms with Gasteiger partial charge in [-0.2, -0.15) is 26.3 Å². The monoisotopic (exact) mass is 502 g/mol. The molecule has 1 heterocycles. The first kappa shape index (κ1) is 26.1. The van der Waals surface area contributed by atoms with Crippen molar-refractivity contribution < 1.29 is 45.0 Å². The average Bonchev–Trinajstić information content (AvgIpc) is 2.81. The number of carbonyl (C=O) groups excluding carboxylic acids is 1. The second-order valence-corrected chi connectivity index (χ2v) is 8.05. The predicted octanol–water partition coefficient (Wildman–Crippen LogP) is 5.94. The molecule has 1 aromatic heterocycles. The van der Waals surface area contributed by atoms with Gasteiger partial charge in [0, 0.05) is 11.5 Å². The summed E-state index contributed by atoms with van der Waals surface area (Å²) in [5, 5.41) is 0.381. The zero-order valence-electron chi connectivity index (χ0n) is 18.5. The number of hydrogen-bond donors (Lipinski definition) is 0. The first-order valence-corrected chi connectivity index (χ1v) is 10.3. The maximum absolute atomic E-state index is 14.1. The van der Waals surface area contributed by atoms with Crippen molar-refractivity contribution >= 4 is 16.9 Å². The van der Waals surface area contributed by atoms with Gasteiger partial charge in [0.2, 0.25) is 0 Å². The lowest BCUT2D eigenvalue weighted by molar-refractivity contribution is -0.322. The van der Waals surface area contributed by atoms with Gasteiger partial charge >= 0.3 is 29.4 Å². The molecule has 0 aliphatic heterocycles. The summed E-state index contributed by atoms with van der Waals surface area (Å²) in [6, 6.07) is 13.5. The molecule has 0 bridgehead atoms. The molecule has 0 atom stereocenters. The standard InChI is InChI=1S/C24H20F6O5/c1-14(2)20(31)34-13-23(27,28)24(29,30)22(25,26)12-33-17-9-8-16-10-18(15-6-4-3-5-7-15)21(32)35-19(16)11-17/h3-11,14H,12-13H2,1-2H3. The Balaban J connectivity index is 1.77. The highest BCUT2D eigenvalue weighted by molar-refractivity contribution is 5.82. The Morgan fingerprint density at radius 2 is 1.54 bits per heavy atom. The van der Waals surface area contributed by atoms with Crippen LogP contribution in [-0.4, -0.2) is 37.0 Å². The van der Waals surface area contributed by atoms with Gasteiger partial charge < -0.3 is 13.9 Å². The van der Waals surface area contributed by atoms with Crippen LogP contribution < -0.4 is 10.4 Å². The van der Waals surface area contributed by atoms with Crippen LogP contribution in [0.5, 0.6) is 5.75 Å². The quantitative estimate of drug-likeness (QED) is 0.206. The van der Waals surface area contributed by atoms with Crippen LogP contribution in [0.3, 0.4) is 0 Å². The number of alkyl halides is 6. The molecule has 5 nitrogen and oxygen atoms in total. The lowest BCUT2D eigenvalue weighted by Gasteiger charge is -2.32. The third kappa shape index (κ3) is 5.44. The molecule has 3 rings (SSSR count). The minimum absolute atomic E-state index is 0.0896. The van der Waals surface area contributed by atoms with Crippen LogP contribution in [0.15, 0.2) is 63.8 Å². The topological polar surface area (TPSA) is 65.7 Å². The van der Waals surface area contributed by atoms with E-state index in [-0.39, 0.29) is 11.1 Å². The molecule has 35 heavy (non-hydrogen) atoms. The number of ether oxygens (including phenoxy) is 2. The largest absolute Gasteiger partial charge is 0.487 e. The van der Waals surface area contributed by atoms with E-state index in [4.69, 9.17) is 4.42 Å². The smallest absolute Gasteiger partial charge is 0.378 e. The second kappa shape index (κ2) is 9.63. The fraction of sp³-hybridized carbons (Fsp3) is 0.333. The van der Waals surface area contributed by atoms with Gasteiger partial charge in [0.25, 0.3) is 0 Å². The van der Waals surface area contributed by atoms with Gasteiger partial charge in [0.05, 0.1) is 11.5 Å². The molecule has 0 aliphatic carbocycles. The van der Waals surface area contributed by atoms with Gasteiger partial charge in [0.15, 0.2) is 13.2 Å². The first-order valence-electron chi connectivity index (χ1n) is 10.3. The van der Waals surface area contributed by atoms with Gasteiger partial charge in [-0.1, -0.05) is 44.2 Å². The summed E-state index contributed by atoms with van der Waals surface area (Å²) in [4.78, 5) is 23.6. The number of carbonyl (C=O) groups is 1. The fourth-order valence-electron chi connectivity index (χ4n) is 2.95. The molecular formula is C24H20F6O5. The van der Waals surface area contributed by atoms with Gasteiger partial charge in [-0.05, 0) is 23.8 Å². The van der Waals surface area contributed by atoms with Crippen LogP contribution in [0.1, 0.15) is 13.8 Å². The molecule has 3 aromatic rings. The van der Waals surface area contributed by atoms with Crippen LogP contribution in [0.2, 0.25) is 0 Å². The van der Waals surface area contributed by atoms with E-state index in [2.05, 4.69) is 9.47 Å². The molecule has 11 heteroatoms. The van der Waals surface area contributed by atoms with Crippen molar-refractivity contribution in [1.82, 2.24) is 0 Å². The molecule has 2 aromatic carbocycles. The highest BCUT2D eigenvalue weighted by Gasteiger charge is 2.72. The van der Waals surface area contributed by atoms with Crippen LogP contribution in [0.25, 0.3) is 22.1 Å². The predicted molar refractivity (Wildman–Crippen MR) is 114 cm³/mol. The van der Waals surface area contributed by atoms with Crippen LogP contribution in [-0.2, 0) is 9.53 Å². The van der Waals surface area contributed by atoms with E-state index in [9.17, 15) is 35.9 Å². The molecule has 0 saturated heterocycles. The van der Waals surface area contributed by atoms with Crippen molar-refractivity contribution in [2.45, 2.75) is 31.6 Å². The summed E-state index contributed by atoms with van der Waals surface area (Å²) in [7, 11) is 0. The van der Waals surface area contributed by atoms with Crippen molar-refractivity contribution in [3.8, 4) is 16.9 Å². The van der Waals surface area contributed by atoms with E-state index < -0.39 is 54.2 Å². The SMILES string of the molecule is CC(C)C(=O)OCC(F)(F)C(F)(F)C(F)(F)COc1ccc2cc(-c3ccccc3)c(=O)oc2c1. The lowest BCUT2D eigenvalue weighted by Crippen LogP contribution is -2.58. The number of benzene rings is 2. The highest BCUT2D eigenvalue weighted by atomic mass is 19.3. The zero-order chi connectivity index (χ0) is 26.0. The van der Waals surface area contributed by atoms with Crippen molar-refractivity contribution in [3.63, 3.8) is 0 Å². The van der Waals surface area contributed by atoms with E-state index in [0.29, 0.717) is 10.9 Å². The highest BCUT2D eigenvalue weighted by Crippen LogP contribution is 2.46. The van der Waals surface area contributed by atoms with Gasteiger partial charge in [-0.25, -0.2) is 4.79 Å². The maximum Gasteiger partial charge on any atom is 0.378 e. The molecule has 0 fully saturated rings. The number of hydrogen-bond acceptors (Lipinski definition) is 5. The van der Waals surface area contributed by atoms with Gasteiger partial charge in [-0.3, -0.25) is 4.79 Å². The third-order valence-corrected chi connectivity index (χ3v) is 5.00. The molecule has 188 valence electrons. The Bertz CT molecular complexity index is 1250. The normalized spacial score (nSPS) is 12.7. The van der Waals surface area contributed by atoms with Crippen LogP contribution in [0.4, 0.5) is 26.3 Å². The summed E-state index contributed by atoms with van der Waals surface area (Å²) in [6.07, 6.45) is 0. The average molecular weight is 502 g/mol. The third-order valence-electron chi connectivity index (χ3n) is 5.00. The van der Waals surface area contributed by atoms with E-state index in [1.807, 2.05) is 0 Å². The Hall–Kier alpha value is -3.50. The van der Waals surface area contributed by atoms with E-state index >= 15 is 0 Å². The molecule has 0 spiro atoms. The van der Waals surface area contributed by atoms with E-state index in [1.54, 1.807) is 30.3 Å². The number of fused-ring (bicyclic) bond motifs is 1.